The maximum absolute atomic E-state index is 5.00. The van der Waals surface area contributed by atoms with Gasteiger partial charge in [-0.15, -0.1) is 0 Å². The molecule has 1 aliphatic heterocycles. The smallest absolute Gasteiger partial charge is 0.0912 e. The van der Waals surface area contributed by atoms with Gasteiger partial charge in [0.15, 0.2) is 0 Å². The standard InChI is InChI=1S/C17H18N2/c1-3-17(2)12-13-8-4-5-9-14(13)16(19-17)15-10-6-7-11-18-15/h4-11H,3,12H2,1-2H3. The minimum Gasteiger partial charge on any atom is -0.276 e. The average Bonchev–Trinajstić information content (AvgIpc) is 2.47. The normalized spacial score (nSPS) is 21.7. The van der Waals surface area contributed by atoms with Crippen molar-refractivity contribution in [2.24, 2.45) is 4.99 Å². The van der Waals surface area contributed by atoms with Crippen LogP contribution in [0.15, 0.2) is 53.7 Å². The van der Waals surface area contributed by atoms with Crippen LogP contribution in [0.1, 0.15) is 37.1 Å². The molecule has 0 amide bonds. The van der Waals surface area contributed by atoms with E-state index in [1.54, 1.807) is 0 Å². The molecule has 0 spiro atoms. The Morgan fingerprint density at radius 2 is 1.89 bits per heavy atom. The van der Waals surface area contributed by atoms with Crippen LogP contribution in [0.2, 0.25) is 0 Å². The molecule has 0 radical (unpaired) electrons. The summed E-state index contributed by atoms with van der Waals surface area (Å²) in [6, 6.07) is 14.5. The van der Waals surface area contributed by atoms with Crippen molar-refractivity contribution in [2.75, 3.05) is 0 Å². The predicted molar refractivity (Wildman–Crippen MR) is 78.7 cm³/mol. The van der Waals surface area contributed by atoms with Crippen LogP contribution in [0, 0.1) is 0 Å². The Morgan fingerprint density at radius 3 is 2.63 bits per heavy atom. The summed E-state index contributed by atoms with van der Waals surface area (Å²) in [6.07, 6.45) is 3.88. The third kappa shape index (κ3) is 2.19. The second-order valence-corrected chi connectivity index (χ2v) is 5.36. The maximum Gasteiger partial charge on any atom is 0.0912 e. The van der Waals surface area contributed by atoms with Gasteiger partial charge in [-0.2, -0.15) is 0 Å². The fraction of sp³-hybridized carbons (Fsp3) is 0.294. The molecule has 1 unspecified atom stereocenters. The number of hydrogen-bond donors (Lipinski definition) is 0. The molecule has 2 aromatic rings. The largest absolute Gasteiger partial charge is 0.276 e. The number of nitrogens with zero attached hydrogens (tertiary/aromatic N) is 2. The van der Waals surface area contributed by atoms with Crippen LogP contribution in [0.25, 0.3) is 0 Å². The Labute approximate surface area is 114 Å². The summed E-state index contributed by atoms with van der Waals surface area (Å²) in [5.41, 5.74) is 4.59. The van der Waals surface area contributed by atoms with E-state index in [9.17, 15) is 0 Å². The molecule has 1 atom stereocenters. The summed E-state index contributed by atoms with van der Waals surface area (Å²) in [5, 5.41) is 0. The average molecular weight is 250 g/mol. The van der Waals surface area contributed by atoms with Crippen LogP contribution in [-0.4, -0.2) is 16.2 Å². The van der Waals surface area contributed by atoms with Gasteiger partial charge in [0, 0.05) is 11.8 Å². The lowest BCUT2D eigenvalue weighted by molar-refractivity contribution is 0.448. The lowest BCUT2D eigenvalue weighted by Crippen LogP contribution is -2.32. The minimum atomic E-state index is -0.0127. The number of hydrogen-bond acceptors (Lipinski definition) is 2. The quantitative estimate of drug-likeness (QED) is 0.798. The van der Waals surface area contributed by atoms with Crippen molar-refractivity contribution in [1.82, 2.24) is 4.98 Å². The number of aliphatic imine (C=N–C) groups is 1. The zero-order valence-electron chi connectivity index (χ0n) is 11.4. The van der Waals surface area contributed by atoms with Gasteiger partial charge in [0.1, 0.15) is 0 Å². The first-order valence-electron chi connectivity index (χ1n) is 6.81. The molecular weight excluding hydrogens is 232 g/mol. The van der Waals surface area contributed by atoms with Gasteiger partial charge in [0.05, 0.1) is 16.9 Å². The first kappa shape index (κ1) is 12.1. The zero-order valence-corrected chi connectivity index (χ0v) is 11.4. The molecule has 0 bridgehead atoms. The van der Waals surface area contributed by atoms with Gasteiger partial charge in [-0.25, -0.2) is 0 Å². The van der Waals surface area contributed by atoms with Gasteiger partial charge in [-0.05, 0) is 37.5 Å². The topological polar surface area (TPSA) is 25.2 Å². The summed E-state index contributed by atoms with van der Waals surface area (Å²) in [6.45, 7) is 4.43. The molecular formula is C17H18N2. The van der Waals surface area contributed by atoms with Gasteiger partial charge in [0.2, 0.25) is 0 Å². The van der Waals surface area contributed by atoms with E-state index >= 15 is 0 Å². The third-order valence-electron chi connectivity index (χ3n) is 3.89. The maximum atomic E-state index is 5.00. The molecule has 0 fully saturated rings. The highest BCUT2D eigenvalue weighted by Crippen LogP contribution is 2.31. The van der Waals surface area contributed by atoms with E-state index < -0.39 is 0 Å². The van der Waals surface area contributed by atoms with E-state index in [0.717, 1.165) is 24.2 Å². The second-order valence-electron chi connectivity index (χ2n) is 5.36. The van der Waals surface area contributed by atoms with Crippen molar-refractivity contribution in [3.05, 3.63) is 65.5 Å². The molecule has 0 saturated heterocycles. The van der Waals surface area contributed by atoms with Gasteiger partial charge < -0.3 is 0 Å². The van der Waals surface area contributed by atoms with E-state index in [-0.39, 0.29) is 5.54 Å². The van der Waals surface area contributed by atoms with Crippen LogP contribution in [0.5, 0.6) is 0 Å². The van der Waals surface area contributed by atoms with Gasteiger partial charge in [-0.3, -0.25) is 9.98 Å². The van der Waals surface area contributed by atoms with E-state index in [4.69, 9.17) is 4.99 Å². The molecule has 3 rings (SSSR count). The number of benzene rings is 1. The molecule has 2 nitrogen and oxygen atoms in total. The molecule has 1 aromatic heterocycles. The Balaban J connectivity index is 2.19. The number of aromatic nitrogens is 1. The van der Waals surface area contributed by atoms with Crippen molar-refractivity contribution < 1.29 is 0 Å². The van der Waals surface area contributed by atoms with Crippen molar-refractivity contribution >= 4 is 5.71 Å². The highest BCUT2D eigenvalue weighted by Gasteiger charge is 2.29. The molecule has 0 N–H and O–H groups in total. The molecule has 1 aliphatic rings. The zero-order chi connectivity index (χ0) is 13.3. The van der Waals surface area contributed by atoms with E-state index in [1.807, 2.05) is 24.4 Å². The first-order valence-corrected chi connectivity index (χ1v) is 6.81. The summed E-state index contributed by atoms with van der Waals surface area (Å²) in [7, 11) is 0. The van der Waals surface area contributed by atoms with Crippen molar-refractivity contribution in [1.29, 1.82) is 0 Å². The number of rotatable bonds is 2. The first-order chi connectivity index (χ1) is 9.22. The highest BCUT2D eigenvalue weighted by atomic mass is 14.9. The van der Waals surface area contributed by atoms with Crippen molar-refractivity contribution in [3.63, 3.8) is 0 Å². The van der Waals surface area contributed by atoms with Crippen LogP contribution in [0.4, 0.5) is 0 Å². The number of pyridine rings is 1. The van der Waals surface area contributed by atoms with Gasteiger partial charge >= 0.3 is 0 Å². The van der Waals surface area contributed by atoms with E-state index in [1.165, 1.54) is 11.1 Å². The summed E-state index contributed by atoms with van der Waals surface area (Å²) in [4.78, 5) is 9.47. The Kier molecular flexibility index (Phi) is 2.94. The molecule has 2 heteroatoms. The SMILES string of the molecule is CCC1(C)Cc2ccccc2C(c2ccccn2)=N1. The highest BCUT2D eigenvalue weighted by molar-refractivity contribution is 6.13. The van der Waals surface area contributed by atoms with Gasteiger partial charge in [0.25, 0.3) is 0 Å². The lowest BCUT2D eigenvalue weighted by atomic mass is 9.83. The Bertz CT molecular complexity index is 616. The predicted octanol–water partition coefficient (Wildman–Crippen LogP) is 3.64. The third-order valence-corrected chi connectivity index (χ3v) is 3.89. The van der Waals surface area contributed by atoms with Crippen LogP contribution in [0.3, 0.4) is 0 Å². The van der Waals surface area contributed by atoms with Crippen molar-refractivity contribution in [2.45, 2.75) is 32.2 Å². The molecule has 2 heterocycles. The van der Waals surface area contributed by atoms with E-state index in [2.05, 4.69) is 43.1 Å². The summed E-state index contributed by atoms with van der Waals surface area (Å²) in [5.74, 6) is 0. The Hall–Kier alpha value is -1.96. The molecule has 0 saturated carbocycles. The summed E-state index contributed by atoms with van der Waals surface area (Å²) >= 11 is 0. The number of fused-ring (bicyclic) bond motifs is 1. The molecule has 19 heavy (non-hydrogen) atoms. The van der Waals surface area contributed by atoms with Crippen molar-refractivity contribution in [3.8, 4) is 0 Å². The van der Waals surface area contributed by atoms with Gasteiger partial charge in [-0.1, -0.05) is 37.3 Å². The van der Waals surface area contributed by atoms with Crippen LogP contribution < -0.4 is 0 Å². The van der Waals surface area contributed by atoms with Crippen LogP contribution >= 0.6 is 0 Å². The second kappa shape index (κ2) is 4.61. The fourth-order valence-electron chi connectivity index (χ4n) is 2.59. The summed E-state index contributed by atoms with van der Waals surface area (Å²) < 4.78 is 0. The molecule has 1 aromatic carbocycles. The van der Waals surface area contributed by atoms with E-state index in [0.29, 0.717) is 0 Å². The lowest BCUT2D eigenvalue weighted by Gasteiger charge is -2.31. The molecule has 0 aliphatic carbocycles. The fourth-order valence-corrected chi connectivity index (χ4v) is 2.59. The monoisotopic (exact) mass is 250 g/mol. The molecule has 96 valence electrons. The Morgan fingerprint density at radius 1 is 1.11 bits per heavy atom. The minimum absolute atomic E-state index is 0.0127. The van der Waals surface area contributed by atoms with Crippen LogP contribution in [-0.2, 0) is 6.42 Å².